The van der Waals surface area contributed by atoms with Crippen LogP contribution in [0.4, 0.5) is 0 Å². The van der Waals surface area contributed by atoms with Crippen molar-refractivity contribution in [3.05, 3.63) is 35.7 Å². The Morgan fingerprint density at radius 1 is 0.306 bits per heavy atom. The lowest BCUT2D eigenvalue weighted by Gasteiger charge is -2.15. The van der Waals surface area contributed by atoms with E-state index in [2.05, 4.69) is 210 Å². The molecule has 0 spiro atoms. The second kappa shape index (κ2) is 34.6. The van der Waals surface area contributed by atoms with Crippen molar-refractivity contribution < 1.29 is 0 Å². The Kier molecular flexibility index (Phi) is 31.7. The fourth-order valence-corrected chi connectivity index (χ4v) is 7.78. The van der Waals surface area contributed by atoms with Crippen molar-refractivity contribution in [1.82, 2.24) is 45.0 Å². The Morgan fingerprint density at radius 2 is 0.514 bits per heavy atom. The topological polar surface area (TPSA) is 92.1 Å². The zero-order valence-electron chi connectivity index (χ0n) is 50.3. The third-order valence-electron chi connectivity index (χ3n) is 11.1. The van der Waals surface area contributed by atoms with Gasteiger partial charge in [-0.15, -0.1) is 33.1 Å². The first-order valence-electron chi connectivity index (χ1n) is 28.6. The molecule has 0 atom stereocenters. The van der Waals surface area contributed by atoms with Gasteiger partial charge in [0.05, 0.1) is 17.1 Å². The van der Waals surface area contributed by atoms with Gasteiger partial charge in [0, 0.05) is 73.7 Å². The molecule has 0 amide bonds. The SMILES string of the molecule is CC(C)(C)C#CCCCCCCCCCn1cc(CC(C)(C)C)nn1.CC(C)(C)C#CCCCCCCCCn1cc(CC(C)(C)C)nn1.CC(C)(C)C#CCCCCCCCn1cc(CC(C)(C)C)nn1. The third-order valence-corrected chi connectivity index (χ3v) is 11.1. The first-order valence-corrected chi connectivity index (χ1v) is 28.6. The van der Waals surface area contributed by atoms with Crippen LogP contribution < -0.4 is 0 Å². The lowest BCUT2D eigenvalue weighted by molar-refractivity contribution is 0.405. The van der Waals surface area contributed by atoms with E-state index in [9.17, 15) is 0 Å². The van der Waals surface area contributed by atoms with Gasteiger partial charge in [-0.1, -0.05) is 173 Å². The number of unbranched alkanes of at least 4 members (excludes halogenated alkanes) is 18. The molecule has 3 heterocycles. The molecule has 0 aliphatic heterocycles. The van der Waals surface area contributed by atoms with E-state index in [4.69, 9.17) is 0 Å². The lowest BCUT2D eigenvalue weighted by Crippen LogP contribution is -2.09. The van der Waals surface area contributed by atoms with E-state index in [-0.39, 0.29) is 32.5 Å². The van der Waals surface area contributed by atoms with Crippen LogP contribution in [0.15, 0.2) is 18.6 Å². The molecule has 0 N–H and O–H groups in total. The normalized spacial score (nSPS) is 12.1. The largest absolute Gasteiger partial charge is 0.252 e. The smallest absolute Gasteiger partial charge is 0.0832 e. The van der Waals surface area contributed by atoms with Gasteiger partial charge in [-0.25, -0.2) is 0 Å². The molecule has 0 saturated carbocycles. The second-order valence-corrected chi connectivity index (χ2v) is 27.4. The van der Waals surface area contributed by atoms with Gasteiger partial charge in [0.25, 0.3) is 0 Å². The number of hydrogen-bond donors (Lipinski definition) is 0. The summed E-state index contributed by atoms with van der Waals surface area (Å²) < 4.78 is 6.01. The molecule has 0 aliphatic rings. The van der Waals surface area contributed by atoms with Crippen LogP contribution in [0.2, 0.25) is 0 Å². The summed E-state index contributed by atoms with van der Waals surface area (Å²) in [7, 11) is 0. The molecule has 408 valence electrons. The molecule has 0 radical (unpaired) electrons. The van der Waals surface area contributed by atoms with Crippen molar-refractivity contribution in [2.75, 3.05) is 0 Å². The lowest BCUT2D eigenvalue weighted by atomic mass is 9.91. The summed E-state index contributed by atoms with van der Waals surface area (Å²) in [5.41, 5.74) is 4.60. The average Bonchev–Trinajstić information content (AvgIpc) is 3.99. The van der Waals surface area contributed by atoms with Gasteiger partial charge in [-0.3, -0.25) is 14.0 Å². The fourth-order valence-electron chi connectivity index (χ4n) is 7.78. The summed E-state index contributed by atoms with van der Waals surface area (Å²) in [5.74, 6) is 19.8. The highest BCUT2D eigenvalue weighted by molar-refractivity contribution is 5.08. The van der Waals surface area contributed by atoms with Gasteiger partial charge in [0.2, 0.25) is 0 Å². The van der Waals surface area contributed by atoms with Crippen molar-refractivity contribution >= 4 is 0 Å². The molecule has 0 bridgehead atoms. The van der Waals surface area contributed by atoms with Gasteiger partial charge < -0.3 is 0 Å². The van der Waals surface area contributed by atoms with Gasteiger partial charge in [0.15, 0.2) is 0 Å². The van der Waals surface area contributed by atoms with E-state index < -0.39 is 0 Å². The van der Waals surface area contributed by atoms with E-state index >= 15 is 0 Å². The second-order valence-electron chi connectivity index (χ2n) is 27.4. The fraction of sp³-hybridized carbons (Fsp3) is 0.810. The zero-order valence-corrected chi connectivity index (χ0v) is 50.3. The Hall–Kier alpha value is -3.90. The molecular formula is C63H111N9. The van der Waals surface area contributed by atoms with Crippen LogP contribution in [0.5, 0.6) is 0 Å². The van der Waals surface area contributed by atoms with Crippen LogP contribution in [0, 0.1) is 68.0 Å². The first kappa shape index (κ1) is 66.1. The summed E-state index contributed by atoms with van der Waals surface area (Å²) in [6.07, 6.45) is 35.4. The van der Waals surface area contributed by atoms with Gasteiger partial charge in [-0.2, -0.15) is 0 Å². The standard InChI is InChI=1S/C22H39N3.C21H37N3.C20H35N3/c1-21(2,3)16-14-12-10-8-7-9-11-13-15-17-25-19-20(23-24-25)18-22(4,5)6;1-20(2,3)15-13-11-9-7-8-10-12-14-16-24-18-19(22-23-24)17-21(4,5)6;1-19(2,3)14-12-10-8-7-9-11-13-15-23-17-18(21-22-23)16-20(4,5)6/h19H,7-13,15,17-18H2,1-6H3;18H,7-12,14,16-17H2,1-6H3;17H,7-11,13,15-16H2,1-6H3. The summed E-state index contributed by atoms with van der Waals surface area (Å²) >= 11 is 0. The molecule has 72 heavy (non-hydrogen) atoms. The molecule has 3 rings (SSSR count). The van der Waals surface area contributed by atoms with Crippen LogP contribution in [0.25, 0.3) is 0 Å². The minimum atomic E-state index is 0.143. The molecule has 9 heteroatoms. The van der Waals surface area contributed by atoms with E-state index in [1.165, 1.54) is 116 Å². The molecule has 9 nitrogen and oxygen atoms in total. The van der Waals surface area contributed by atoms with Crippen molar-refractivity contribution in [1.29, 1.82) is 0 Å². The molecule has 3 aromatic rings. The Balaban J connectivity index is 0.000000540. The molecular weight excluding hydrogens is 883 g/mol. The van der Waals surface area contributed by atoms with Crippen molar-refractivity contribution in [2.24, 2.45) is 32.5 Å². The number of hydrogen-bond acceptors (Lipinski definition) is 6. The molecule has 0 aliphatic carbocycles. The maximum atomic E-state index is 4.28. The van der Waals surface area contributed by atoms with Gasteiger partial charge >= 0.3 is 0 Å². The van der Waals surface area contributed by atoms with Crippen molar-refractivity contribution in [2.45, 2.75) is 298 Å². The summed E-state index contributed by atoms with van der Waals surface area (Å²) in [5, 5.41) is 25.5. The van der Waals surface area contributed by atoms with Gasteiger partial charge in [0.1, 0.15) is 0 Å². The van der Waals surface area contributed by atoms with Gasteiger partial charge in [-0.05, 0) is 136 Å². The predicted octanol–water partition coefficient (Wildman–Crippen LogP) is 16.9. The summed E-state index contributed by atoms with van der Waals surface area (Å²) in [6, 6.07) is 0. The molecule has 0 fully saturated rings. The highest BCUT2D eigenvalue weighted by atomic mass is 15.4. The number of nitrogens with zero attached hydrogens (tertiary/aromatic N) is 9. The molecule has 0 saturated heterocycles. The van der Waals surface area contributed by atoms with E-state index in [1.807, 2.05) is 14.0 Å². The first-order chi connectivity index (χ1) is 33.5. The summed E-state index contributed by atoms with van der Waals surface area (Å²) in [6.45, 7) is 42.6. The molecule has 0 unspecified atom stereocenters. The summed E-state index contributed by atoms with van der Waals surface area (Å²) in [4.78, 5) is 0. The number of rotatable bonds is 27. The van der Waals surface area contributed by atoms with Crippen LogP contribution in [0.3, 0.4) is 0 Å². The van der Waals surface area contributed by atoms with Crippen LogP contribution in [-0.4, -0.2) is 45.0 Å². The predicted molar refractivity (Wildman–Crippen MR) is 308 cm³/mol. The van der Waals surface area contributed by atoms with Crippen LogP contribution in [-0.2, 0) is 38.9 Å². The highest BCUT2D eigenvalue weighted by Crippen LogP contribution is 2.22. The minimum absolute atomic E-state index is 0.143. The average molecular weight is 995 g/mol. The monoisotopic (exact) mass is 994 g/mol. The zero-order chi connectivity index (χ0) is 54.2. The maximum absolute atomic E-state index is 4.28. The van der Waals surface area contributed by atoms with Crippen molar-refractivity contribution in [3.8, 4) is 35.5 Å². The van der Waals surface area contributed by atoms with E-state index in [1.54, 1.807) is 0 Å². The Morgan fingerprint density at radius 3 is 0.722 bits per heavy atom. The van der Waals surface area contributed by atoms with E-state index in [0.717, 1.165) is 75.2 Å². The Bertz CT molecular complexity index is 2020. The number of aryl methyl sites for hydroxylation is 3. The Labute approximate surface area is 445 Å². The number of aromatic nitrogens is 9. The van der Waals surface area contributed by atoms with E-state index in [0.29, 0.717) is 0 Å². The molecule has 3 aromatic heterocycles. The minimum Gasteiger partial charge on any atom is -0.252 e. The molecule has 0 aromatic carbocycles. The third kappa shape index (κ3) is 43.7. The quantitative estimate of drug-likeness (QED) is 0.0558. The maximum Gasteiger partial charge on any atom is 0.0832 e. The highest BCUT2D eigenvalue weighted by Gasteiger charge is 2.16. The van der Waals surface area contributed by atoms with Crippen molar-refractivity contribution in [3.63, 3.8) is 0 Å². The van der Waals surface area contributed by atoms with Crippen LogP contribution in [0.1, 0.15) is 277 Å². The van der Waals surface area contributed by atoms with Crippen LogP contribution >= 0.6 is 0 Å².